The summed E-state index contributed by atoms with van der Waals surface area (Å²) in [5.41, 5.74) is 1.90. The molecule has 1 aliphatic carbocycles. The van der Waals surface area contributed by atoms with Gasteiger partial charge in [-0.15, -0.1) is 0 Å². The topological polar surface area (TPSA) is 68.8 Å². The Morgan fingerprint density at radius 3 is 2.70 bits per heavy atom. The van der Waals surface area contributed by atoms with Crippen LogP contribution in [0.3, 0.4) is 0 Å². The van der Waals surface area contributed by atoms with Crippen LogP contribution in [0, 0.1) is 0 Å². The van der Waals surface area contributed by atoms with Gasteiger partial charge >= 0.3 is 6.03 Å². The van der Waals surface area contributed by atoms with E-state index in [0.717, 1.165) is 47.6 Å². The van der Waals surface area contributed by atoms with E-state index < -0.39 is 0 Å². The van der Waals surface area contributed by atoms with Crippen LogP contribution >= 0.6 is 0 Å². The number of amides is 2. The lowest BCUT2D eigenvalue weighted by atomic mass is 10.0. The minimum Gasteiger partial charge on any atom is -0.497 e. The monoisotopic (exact) mass is 368 g/mol. The van der Waals surface area contributed by atoms with Crippen LogP contribution in [0.4, 0.5) is 4.79 Å². The van der Waals surface area contributed by atoms with Crippen LogP contribution in [-0.4, -0.2) is 32.9 Å². The number of benzene rings is 2. The van der Waals surface area contributed by atoms with Gasteiger partial charge in [0.25, 0.3) is 0 Å². The molecule has 0 bridgehead atoms. The van der Waals surface area contributed by atoms with E-state index in [2.05, 4.69) is 10.6 Å². The summed E-state index contributed by atoms with van der Waals surface area (Å²) in [6, 6.07) is 13.6. The van der Waals surface area contributed by atoms with Crippen molar-refractivity contribution in [3.05, 3.63) is 53.6 Å². The maximum Gasteiger partial charge on any atom is 0.315 e. The van der Waals surface area contributed by atoms with E-state index in [-0.39, 0.29) is 11.6 Å². The molecule has 2 aromatic rings. The predicted molar refractivity (Wildman–Crippen MR) is 102 cm³/mol. The van der Waals surface area contributed by atoms with Crippen molar-refractivity contribution in [1.29, 1.82) is 0 Å². The lowest BCUT2D eigenvalue weighted by molar-refractivity contribution is 0.171. The van der Waals surface area contributed by atoms with E-state index in [9.17, 15) is 4.79 Å². The Hall–Kier alpha value is -2.89. The summed E-state index contributed by atoms with van der Waals surface area (Å²) < 4.78 is 16.5. The summed E-state index contributed by atoms with van der Waals surface area (Å²) in [6.07, 6.45) is 2.60. The number of carbonyl (C=O) groups excluding carboxylic acids is 1. The van der Waals surface area contributed by atoms with Crippen LogP contribution in [0.25, 0.3) is 0 Å². The zero-order chi connectivity index (χ0) is 18.7. The zero-order valence-electron chi connectivity index (χ0n) is 15.4. The molecule has 27 heavy (non-hydrogen) atoms. The average Bonchev–Trinajstić information content (AvgIpc) is 3.48. The number of carbonyl (C=O) groups is 1. The Labute approximate surface area is 158 Å². The summed E-state index contributed by atoms with van der Waals surface area (Å²) in [5.74, 6) is 2.35. The van der Waals surface area contributed by atoms with Crippen LogP contribution in [0.15, 0.2) is 42.5 Å². The van der Waals surface area contributed by atoms with Crippen molar-refractivity contribution in [2.45, 2.75) is 24.8 Å². The van der Waals surface area contributed by atoms with Crippen molar-refractivity contribution in [1.82, 2.24) is 10.6 Å². The van der Waals surface area contributed by atoms with Crippen molar-refractivity contribution >= 4 is 6.03 Å². The fourth-order valence-electron chi connectivity index (χ4n) is 3.36. The second-order valence-corrected chi connectivity index (χ2v) is 6.92. The lowest BCUT2D eigenvalue weighted by Gasteiger charge is -2.23. The largest absolute Gasteiger partial charge is 0.497 e. The molecule has 6 nitrogen and oxygen atoms in total. The van der Waals surface area contributed by atoms with E-state index in [1.165, 1.54) is 0 Å². The second kappa shape index (κ2) is 7.39. The molecule has 1 aliphatic heterocycles. The average molecular weight is 368 g/mol. The van der Waals surface area contributed by atoms with Gasteiger partial charge in [-0.2, -0.15) is 0 Å². The Morgan fingerprint density at radius 2 is 1.93 bits per heavy atom. The molecule has 0 radical (unpaired) electrons. The third-order valence-corrected chi connectivity index (χ3v) is 5.03. The molecule has 1 saturated carbocycles. The van der Waals surface area contributed by atoms with Crippen LogP contribution in [0.2, 0.25) is 0 Å². The molecular formula is C21H24N2O4. The van der Waals surface area contributed by atoms with Crippen molar-refractivity contribution in [3.8, 4) is 17.2 Å². The standard InChI is InChI=1S/C21H24N2O4/c1-25-17-4-2-3-15(13-17)7-10-22-20(24)23-21(8-9-21)16-5-6-18-19(14-16)27-12-11-26-18/h2-6,13-14H,7-12H2,1H3,(H2,22,23,24). The summed E-state index contributed by atoms with van der Waals surface area (Å²) in [7, 11) is 1.65. The highest BCUT2D eigenvalue weighted by atomic mass is 16.6. The highest BCUT2D eigenvalue weighted by Crippen LogP contribution is 2.47. The number of ether oxygens (including phenoxy) is 3. The van der Waals surface area contributed by atoms with Crippen LogP contribution < -0.4 is 24.8 Å². The molecule has 0 aromatic heterocycles. The summed E-state index contributed by atoms with van der Waals surface area (Å²) in [4.78, 5) is 12.4. The number of hydrogen-bond donors (Lipinski definition) is 2. The number of fused-ring (bicyclic) bond motifs is 1. The maximum atomic E-state index is 12.4. The molecule has 6 heteroatoms. The van der Waals surface area contributed by atoms with E-state index in [1.54, 1.807) is 7.11 Å². The predicted octanol–water partition coefficient (Wildman–Crippen LogP) is 3.00. The Morgan fingerprint density at radius 1 is 1.11 bits per heavy atom. The quantitative estimate of drug-likeness (QED) is 0.822. The second-order valence-electron chi connectivity index (χ2n) is 6.92. The van der Waals surface area contributed by atoms with Gasteiger partial charge in [-0.25, -0.2) is 4.79 Å². The molecule has 2 aliphatic rings. The van der Waals surface area contributed by atoms with Crippen LogP contribution in [-0.2, 0) is 12.0 Å². The Kier molecular flexibility index (Phi) is 4.79. The van der Waals surface area contributed by atoms with Gasteiger partial charge in [0.2, 0.25) is 0 Å². The first-order chi connectivity index (χ1) is 13.2. The SMILES string of the molecule is COc1cccc(CCNC(=O)NC2(c3ccc4c(c3)OCCO4)CC2)c1. The summed E-state index contributed by atoms with van der Waals surface area (Å²) in [6.45, 7) is 1.70. The molecule has 2 N–H and O–H groups in total. The first kappa shape index (κ1) is 17.5. The maximum absolute atomic E-state index is 12.4. The molecular weight excluding hydrogens is 344 g/mol. The van der Waals surface area contributed by atoms with Gasteiger partial charge in [0.1, 0.15) is 19.0 Å². The lowest BCUT2D eigenvalue weighted by Crippen LogP contribution is -2.42. The number of methoxy groups -OCH3 is 1. The Bertz CT molecular complexity index is 833. The molecule has 0 unspecified atom stereocenters. The van der Waals surface area contributed by atoms with Gasteiger partial charge in [-0.05, 0) is 54.7 Å². The van der Waals surface area contributed by atoms with Gasteiger partial charge in [-0.3, -0.25) is 0 Å². The van der Waals surface area contributed by atoms with Gasteiger partial charge in [-0.1, -0.05) is 18.2 Å². The molecule has 0 saturated heterocycles. The molecule has 4 rings (SSSR count). The van der Waals surface area contributed by atoms with Gasteiger partial charge < -0.3 is 24.8 Å². The summed E-state index contributed by atoms with van der Waals surface area (Å²) >= 11 is 0. The Balaban J connectivity index is 1.32. The van der Waals surface area contributed by atoms with E-state index in [4.69, 9.17) is 14.2 Å². The van der Waals surface area contributed by atoms with Crippen molar-refractivity contribution < 1.29 is 19.0 Å². The molecule has 2 aromatic carbocycles. The van der Waals surface area contributed by atoms with E-state index in [0.29, 0.717) is 19.8 Å². The molecule has 0 atom stereocenters. The van der Waals surface area contributed by atoms with Gasteiger partial charge in [0.05, 0.1) is 12.6 Å². The van der Waals surface area contributed by atoms with Crippen LogP contribution in [0.1, 0.15) is 24.0 Å². The fourth-order valence-corrected chi connectivity index (χ4v) is 3.36. The number of hydrogen-bond acceptors (Lipinski definition) is 4. The molecule has 2 amide bonds. The van der Waals surface area contributed by atoms with E-state index in [1.807, 2.05) is 42.5 Å². The minimum atomic E-state index is -0.296. The van der Waals surface area contributed by atoms with Gasteiger partial charge in [0.15, 0.2) is 11.5 Å². The highest BCUT2D eigenvalue weighted by molar-refractivity contribution is 5.75. The molecule has 1 heterocycles. The first-order valence-electron chi connectivity index (χ1n) is 9.28. The fraction of sp³-hybridized carbons (Fsp3) is 0.381. The third-order valence-electron chi connectivity index (χ3n) is 5.03. The van der Waals surface area contributed by atoms with Crippen molar-refractivity contribution in [2.24, 2.45) is 0 Å². The number of urea groups is 1. The number of rotatable bonds is 6. The van der Waals surface area contributed by atoms with Gasteiger partial charge in [0, 0.05) is 6.54 Å². The minimum absolute atomic E-state index is 0.148. The van der Waals surface area contributed by atoms with Crippen molar-refractivity contribution in [2.75, 3.05) is 26.9 Å². The van der Waals surface area contributed by atoms with Crippen molar-refractivity contribution in [3.63, 3.8) is 0 Å². The van der Waals surface area contributed by atoms with Crippen LogP contribution in [0.5, 0.6) is 17.2 Å². The highest BCUT2D eigenvalue weighted by Gasteiger charge is 2.46. The normalized spacial score (nSPS) is 16.3. The number of nitrogens with one attached hydrogen (secondary N) is 2. The first-order valence-corrected chi connectivity index (χ1v) is 9.28. The van der Waals surface area contributed by atoms with E-state index >= 15 is 0 Å². The smallest absolute Gasteiger partial charge is 0.315 e. The third kappa shape index (κ3) is 3.94. The zero-order valence-corrected chi connectivity index (χ0v) is 15.4. The summed E-state index contributed by atoms with van der Waals surface area (Å²) in [5, 5.41) is 6.08. The molecule has 142 valence electrons. The molecule has 1 fully saturated rings. The molecule has 0 spiro atoms.